The molecule has 114 valence electrons. The molecule has 1 saturated carbocycles. The molecule has 2 N–H and O–H groups in total. The van der Waals surface area contributed by atoms with Crippen molar-refractivity contribution in [3.05, 3.63) is 18.1 Å². The van der Waals surface area contributed by atoms with Crippen LogP contribution in [0.25, 0.3) is 0 Å². The van der Waals surface area contributed by atoms with Gasteiger partial charge in [0.1, 0.15) is 17.8 Å². The lowest BCUT2D eigenvalue weighted by atomic mass is 10.2. The standard InChI is InChI=1S/C15H22N4O2/c20-15(19-11-4-1-2-5-11)13-8-14(18-10-17-13)16-9-12-6-3-7-21-12/h8,10-12H,1-7,9H2,(H,19,20)(H,16,17,18). The lowest BCUT2D eigenvalue weighted by Crippen LogP contribution is -2.33. The van der Waals surface area contributed by atoms with Crippen molar-refractivity contribution in [2.45, 2.75) is 50.7 Å². The third-order valence-electron chi connectivity index (χ3n) is 4.12. The fourth-order valence-corrected chi connectivity index (χ4v) is 2.93. The normalized spacial score (nSPS) is 22.4. The molecule has 1 aliphatic heterocycles. The van der Waals surface area contributed by atoms with Crippen molar-refractivity contribution in [2.24, 2.45) is 0 Å². The van der Waals surface area contributed by atoms with Crippen molar-refractivity contribution < 1.29 is 9.53 Å². The molecule has 21 heavy (non-hydrogen) atoms. The Morgan fingerprint density at radius 2 is 2.10 bits per heavy atom. The summed E-state index contributed by atoms with van der Waals surface area (Å²) in [6.07, 6.45) is 8.41. The molecule has 0 spiro atoms. The maximum Gasteiger partial charge on any atom is 0.270 e. The highest BCUT2D eigenvalue weighted by Crippen LogP contribution is 2.18. The van der Waals surface area contributed by atoms with Gasteiger partial charge in [-0.15, -0.1) is 0 Å². The summed E-state index contributed by atoms with van der Waals surface area (Å²) < 4.78 is 5.56. The minimum Gasteiger partial charge on any atom is -0.376 e. The van der Waals surface area contributed by atoms with Crippen molar-refractivity contribution in [1.29, 1.82) is 0 Å². The second-order valence-corrected chi connectivity index (χ2v) is 5.76. The Balaban J connectivity index is 1.55. The van der Waals surface area contributed by atoms with E-state index in [-0.39, 0.29) is 12.0 Å². The number of rotatable bonds is 5. The van der Waals surface area contributed by atoms with E-state index in [2.05, 4.69) is 20.6 Å². The summed E-state index contributed by atoms with van der Waals surface area (Å²) in [7, 11) is 0. The SMILES string of the molecule is O=C(NC1CCCC1)c1cc(NCC2CCCO2)ncn1. The Bertz CT molecular complexity index is 482. The van der Waals surface area contributed by atoms with Gasteiger partial charge in [-0.1, -0.05) is 12.8 Å². The van der Waals surface area contributed by atoms with E-state index in [0.29, 0.717) is 17.6 Å². The molecule has 6 heteroatoms. The second-order valence-electron chi connectivity index (χ2n) is 5.76. The number of carbonyl (C=O) groups is 1. The smallest absolute Gasteiger partial charge is 0.270 e. The van der Waals surface area contributed by atoms with Gasteiger partial charge in [-0.25, -0.2) is 9.97 Å². The van der Waals surface area contributed by atoms with E-state index in [1.54, 1.807) is 6.07 Å². The van der Waals surface area contributed by atoms with E-state index < -0.39 is 0 Å². The molecule has 1 aromatic heterocycles. The lowest BCUT2D eigenvalue weighted by molar-refractivity contribution is 0.0932. The summed E-state index contributed by atoms with van der Waals surface area (Å²) in [6, 6.07) is 2.01. The number of ether oxygens (including phenoxy) is 1. The zero-order chi connectivity index (χ0) is 14.5. The van der Waals surface area contributed by atoms with Crippen molar-refractivity contribution in [3.8, 4) is 0 Å². The minimum absolute atomic E-state index is 0.107. The first-order chi connectivity index (χ1) is 10.3. The topological polar surface area (TPSA) is 76.1 Å². The molecule has 0 aromatic carbocycles. The van der Waals surface area contributed by atoms with Gasteiger partial charge in [-0.05, 0) is 25.7 Å². The molecular weight excluding hydrogens is 268 g/mol. The zero-order valence-electron chi connectivity index (χ0n) is 12.2. The first kappa shape index (κ1) is 14.3. The number of hydrogen-bond donors (Lipinski definition) is 2. The van der Waals surface area contributed by atoms with Crippen LogP contribution < -0.4 is 10.6 Å². The van der Waals surface area contributed by atoms with Gasteiger partial charge in [0.05, 0.1) is 6.10 Å². The summed E-state index contributed by atoms with van der Waals surface area (Å²) in [5, 5.41) is 6.26. The zero-order valence-corrected chi connectivity index (χ0v) is 12.2. The van der Waals surface area contributed by atoms with Crippen LogP contribution in [-0.2, 0) is 4.74 Å². The molecule has 6 nitrogen and oxygen atoms in total. The fraction of sp³-hybridized carbons (Fsp3) is 0.667. The molecule has 1 saturated heterocycles. The van der Waals surface area contributed by atoms with Gasteiger partial charge >= 0.3 is 0 Å². The van der Waals surface area contributed by atoms with Crippen LogP contribution in [0.1, 0.15) is 49.0 Å². The van der Waals surface area contributed by atoms with Crippen LogP contribution >= 0.6 is 0 Å². The van der Waals surface area contributed by atoms with Crippen LogP contribution in [0.3, 0.4) is 0 Å². The number of carbonyl (C=O) groups excluding carboxylic acids is 1. The van der Waals surface area contributed by atoms with E-state index in [9.17, 15) is 4.79 Å². The van der Waals surface area contributed by atoms with Crippen LogP contribution in [-0.4, -0.2) is 41.2 Å². The third-order valence-corrected chi connectivity index (χ3v) is 4.12. The maximum atomic E-state index is 12.2. The quantitative estimate of drug-likeness (QED) is 0.864. The van der Waals surface area contributed by atoms with Crippen molar-refractivity contribution >= 4 is 11.7 Å². The Kier molecular flexibility index (Phi) is 4.65. The molecule has 2 heterocycles. The summed E-state index contributed by atoms with van der Waals surface area (Å²) >= 11 is 0. The second kappa shape index (κ2) is 6.85. The Hall–Kier alpha value is -1.69. The first-order valence-corrected chi connectivity index (χ1v) is 7.79. The number of nitrogens with zero attached hydrogens (tertiary/aromatic N) is 2. The third kappa shape index (κ3) is 3.91. The molecule has 3 rings (SSSR count). The highest BCUT2D eigenvalue weighted by molar-refractivity contribution is 5.93. The van der Waals surface area contributed by atoms with Crippen LogP contribution in [0.4, 0.5) is 5.82 Å². The van der Waals surface area contributed by atoms with E-state index >= 15 is 0 Å². The van der Waals surface area contributed by atoms with Gasteiger partial charge in [0.15, 0.2) is 0 Å². The monoisotopic (exact) mass is 290 g/mol. The number of amides is 1. The Labute approximate surface area is 124 Å². The average Bonchev–Trinajstić information content (AvgIpc) is 3.19. The Morgan fingerprint density at radius 3 is 2.86 bits per heavy atom. The van der Waals surface area contributed by atoms with Crippen LogP contribution in [0, 0.1) is 0 Å². The van der Waals surface area contributed by atoms with Gasteiger partial charge in [0.25, 0.3) is 5.91 Å². The highest BCUT2D eigenvalue weighted by Gasteiger charge is 2.19. The van der Waals surface area contributed by atoms with E-state index in [1.807, 2.05) is 0 Å². The molecular formula is C15H22N4O2. The van der Waals surface area contributed by atoms with E-state index in [0.717, 1.165) is 38.8 Å². The van der Waals surface area contributed by atoms with Gasteiger partial charge in [-0.2, -0.15) is 0 Å². The molecule has 1 amide bonds. The van der Waals surface area contributed by atoms with Crippen LogP contribution in [0.2, 0.25) is 0 Å². The molecule has 2 aliphatic rings. The van der Waals surface area contributed by atoms with Gasteiger partial charge < -0.3 is 15.4 Å². The van der Waals surface area contributed by atoms with Crippen LogP contribution in [0.15, 0.2) is 12.4 Å². The predicted molar refractivity (Wildman–Crippen MR) is 79.2 cm³/mol. The molecule has 0 bridgehead atoms. The van der Waals surface area contributed by atoms with Gasteiger partial charge in [0, 0.05) is 25.3 Å². The Morgan fingerprint density at radius 1 is 1.24 bits per heavy atom. The molecule has 1 unspecified atom stereocenters. The minimum atomic E-state index is -0.107. The molecule has 1 atom stereocenters. The lowest BCUT2D eigenvalue weighted by Gasteiger charge is -2.13. The van der Waals surface area contributed by atoms with Gasteiger partial charge in [0.2, 0.25) is 0 Å². The first-order valence-electron chi connectivity index (χ1n) is 7.79. The summed E-state index contributed by atoms with van der Waals surface area (Å²) in [6.45, 7) is 1.56. The molecule has 2 fully saturated rings. The van der Waals surface area contributed by atoms with E-state index in [4.69, 9.17) is 4.74 Å². The molecule has 1 aliphatic carbocycles. The van der Waals surface area contributed by atoms with E-state index in [1.165, 1.54) is 19.2 Å². The molecule has 0 radical (unpaired) electrons. The maximum absolute atomic E-state index is 12.2. The fourth-order valence-electron chi connectivity index (χ4n) is 2.93. The van der Waals surface area contributed by atoms with Crippen molar-refractivity contribution in [3.63, 3.8) is 0 Å². The highest BCUT2D eigenvalue weighted by atomic mass is 16.5. The number of anilines is 1. The summed E-state index contributed by atoms with van der Waals surface area (Å²) in [5.41, 5.74) is 0.423. The summed E-state index contributed by atoms with van der Waals surface area (Å²) in [4.78, 5) is 20.4. The average molecular weight is 290 g/mol. The largest absolute Gasteiger partial charge is 0.376 e. The number of aromatic nitrogens is 2. The number of hydrogen-bond acceptors (Lipinski definition) is 5. The molecule has 1 aromatic rings. The van der Waals surface area contributed by atoms with Crippen molar-refractivity contribution in [2.75, 3.05) is 18.5 Å². The summed E-state index contributed by atoms with van der Waals surface area (Å²) in [5.74, 6) is 0.571. The number of nitrogens with one attached hydrogen (secondary N) is 2. The van der Waals surface area contributed by atoms with Gasteiger partial charge in [-0.3, -0.25) is 4.79 Å². The van der Waals surface area contributed by atoms with Crippen LogP contribution in [0.5, 0.6) is 0 Å². The predicted octanol–water partition coefficient (Wildman–Crippen LogP) is 1.74. The van der Waals surface area contributed by atoms with Crippen molar-refractivity contribution in [1.82, 2.24) is 15.3 Å².